The zero-order chi connectivity index (χ0) is 23.7. The van der Waals surface area contributed by atoms with Gasteiger partial charge in [-0.2, -0.15) is 0 Å². The predicted molar refractivity (Wildman–Crippen MR) is 136 cm³/mol. The summed E-state index contributed by atoms with van der Waals surface area (Å²) in [7, 11) is 0. The van der Waals surface area contributed by atoms with Crippen molar-refractivity contribution >= 4 is 21.7 Å². The van der Waals surface area contributed by atoms with E-state index in [-0.39, 0.29) is 18.0 Å². The SMILES string of the molecule is CC(C)c1cc(=O)c2c(-c3ccc(CO)cc3)cc(OCc3cccc4ccccc34)cc2o1. The van der Waals surface area contributed by atoms with E-state index in [4.69, 9.17) is 9.15 Å². The van der Waals surface area contributed by atoms with Crippen LogP contribution in [0.3, 0.4) is 0 Å². The molecule has 5 rings (SSSR count). The zero-order valence-corrected chi connectivity index (χ0v) is 19.2. The molecule has 4 heteroatoms. The zero-order valence-electron chi connectivity index (χ0n) is 19.2. The Balaban J connectivity index is 1.61. The molecule has 0 aliphatic carbocycles. The molecule has 0 amide bonds. The minimum Gasteiger partial charge on any atom is -0.489 e. The summed E-state index contributed by atoms with van der Waals surface area (Å²) < 4.78 is 12.4. The van der Waals surface area contributed by atoms with Crippen LogP contribution < -0.4 is 10.2 Å². The second-order valence-electron chi connectivity index (χ2n) is 8.79. The second-order valence-corrected chi connectivity index (χ2v) is 8.79. The van der Waals surface area contributed by atoms with Crippen molar-refractivity contribution in [1.29, 1.82) is 0 Å². The Labute approximate surface area is 198 Å². The fourth-order valence-electron chi connectivity index (χ4n) is 4.25. The molecule has 0 atom stereocenters. The number of benzene rings is 4. The van der Waals surface area contributed by atoms with Gasteiger partial charge in [0, 0.05) is 23.6 Å². The lowest BCUT2D eigenvalue weighted by Gasteiger charge is -2.14. The van der Waals surface area contributed by atoms with Gasteiger partial charge in [0.05, 0.1) is 12.0 Å². The lowest BCUT2D eigenvalue weighted by atomic mass is 9.98. The van der Waals surface area contributed by atoms with Crippen molar-refractivity contribution in [2.75, 3.05) is 0 Å². The van der Waals surface area contributed by atoms with Gasteiger partial charge in [-0.1, -0.05) is 80.6 Å². The van der Waals surface area contributed by atoms with E-state index < -0.39 is 0 Å². The Morgan fingerprint density at radius 3 is 2.44 bits per heavy atom. The smallest absolute Gasteiger partial charge is 0.193 e. The molecule has 0 aliphatic heterocycles. The van der Waals surface area contributed by atoms with Crippen molar-refractivity contribution in [3.05, 3.63) is 112 Å². The molecule has 0 aliphatic rings. The van der Waals surface area contributed by atoms with E-state index in [1.54, 1.807) is 12.1 Å². The van der Waals surface area contributed by atoms with E-state index in [9.17, 15) is 9.90 Å². The maximum atomic E-state index is 13.1. The first-order valence-corrected chi connectivity index (χ1v) is 11.4. The second kappa shape index (κ2) is 9.16. The molecule has 0 fully saturated rings. The highest BCUT2D eigenvalue weighted by atomic mass is 16.5. The van der Waals surface area contributed by atoms with Gasteiger partial charge in [-0.05, 0) is 33.5 Å². The molecule has 1 heterocycles. The van der Waals surface area contributed by atoms with Crippen LogP contribution in [0.4, 0.5) is 0 Å². The molecule has 0 bridgehead atoms. The minimum absolute atomic E-state index is 0.0326. The Kier molecular flexibility index (Phi) is 5.91. The summed E-state index contributed by atoms with van der Waals surface area (Å²) in [6.07, 6.45) is 0. The van der Waals surface area contributed by atoms with Gasteiger partial charge in [0.25, 0.3) is 0 Å². The fourth-order valence-corrected chi connectivity index (χ4v) is 4.25. The molecule has 0 spiro atoms. The molecule has 1 aromatic heterocycles. The van der Waals surface area contributed by atoms with Crippen molar-refractivity contribution in [1.82, 2.24) is 0 Å². The van der Waals surface area contributed by atoms with Crippen molar-refractivity contribution in [3.8, 4) is 16.9 Å². The van der Waals surface area contributed by atoms with Crippen LogP contribution in [-0.4, -0.2) is 5.11 Å². The molecular weight excluding hydrogens is 424 g/mol. The maximum absolute atomic E-state index is 13.1. The Morgan fingerprint density at radius 2 is 1.68 bits per heavy atom. The van der Waals surface area contributed by atoms with Gasteiger partial charge in [-0.15, -0.1) is 0 Å². The summed E-state index contributed by atoms with van der Waals surface area (Å²) in [6, 6.07) is 27.2. The van der Waals surface area contributed by atoms with Gasteiger partial charge in [-0.25, -0.2) is 0 Å². The van der Waals surface area contributed by atoms with Crippen LogP contribution in [-0.2, 0) is 13.2 Å². The van der Waals surface area contributed by atoms with Crippen molar-refractivity contribution in [2.45, 2.75) is 33.0 Å². The number of ether oxygens (including phenoxy) is 1. The van der Waals surface area contributed by atoms with Crippen molar-refractivity contribution < 1.29 is 14.3 Å². The third-order valence-electron chi connectivity index (χ3n) is 6.11. The van der Waals surface area contributed by atoms with E-state index in [0.717, 1.165) is 27.6 Å². The molecule has 5 aromatic rings. The van der Waals surface area contributed by atoms with E-state index in [2.05, 4.69) is 24.3 Å². The standard InChI is InChI=1S/C30H26O4/c1-19(2)28-16-27(32)30-26(22-12-10-20(17-31)11-13-22)14-24(15-29(30)34-28)33-18-23-8-5-7-21-6-3-4-9-25(21)23/h3-16,19,31H,17-18H2,1-2H3. The third kappa shape index (κ3) is 4.20. The topological polar surface area (TPSA) is 59.7 Å². The van der Waals surface area contributed by atoms with E-state index in [1.807, 2.05) is 62.4 Å². The number of hydrogen-bond acceptors (Lipinski definition) is 4. The molecule has 0 radical (unpaired) electrons. The summed E-state index contributed by atoms with van der Waals surface area (Å²) in [5.41, 5.74) is 3.94. The number of aliphatic hydroxyl groups excluding tert-OH is 1. The van der Waals surface area contributed by atoms with Crippen LogP contribution in [0.2, 0.25) is 0 Å². The fraction of sp³-hybridized carbons (Fsp3) is 0.167. The van der Waals surface area contributed by atoms with Crippen LogP contribution >= 0.6 is 0 Å². The van der Waals surface area contributed by atoms with Crippen LogP contribution in [0.5, 0.6) is 5.75 Å². The van der Waals surface area contributed by atoms with Crippen molar-refractivity contribution in [3.63, 3.8) is 0 Å². The van der Waals surface area contributed by atoms with Gasteiger partial charge >= 0.3 is 0 Å². The number of aliphatic hydroxyl groups is 1. The molecule has 0 saturated heterocycles. The average Bonchev–Trinajstić information content (AvgIpc) is 2.86. The average molecular weight is 451 g/mol. The molecule has 34 heavy (non-hydrogen) atoms. The minimum atomic E-state index is -0.0770. The maximum Gasteiger partial charge on any atom is 0.193 e. The third-order valence-corrected chi connectivity index (χ3v) is 6.11. The summed E-state index contributed by atoms with van der Waals surface area (Å²) in [6.45, 7) is 4.36. The Hall–Kier alpha value is -3.89. The van der Waals surface area contributed by atoms with Gasteiger partial charge in [-0.3, -0.25) is 4.79 Å². The van der Waals surface area contributed by atoms with Gasteiger partial charge in [0.15, 0.2) is 5.43 Å². The summed E-state index contributed by atoms with van der Waals surface area (Å²) in [5.74, 6) is 1.36. The van der Waals surface area contributed by atoms with Crippen LogP contribution in [0, 0.1) is 0 Å². The molecule has 170 valence electrons. The van der Waals surface area contributed by atoms with E-state index >= 15 is 0 Å². The summed E-state index contributed by atoms with van der Waals surface area (Å²) >= 11 is 0. The lowest BCUT2D eigenvalue weighted by molar-refractivity contribution is 0.282. The van der Waals surface area contributed by atoms with Crippen LogP contribution in [0.25, 0.3) is 32.9 Å². The first-order valence-electron chi connectivity index (χ1n) is 11.4. The predicted octanol–water partition coefficient (Wildman–Crippen LogP) is 6.81. The van der Waals surface area contributed by atoms with Gasteiger partial charge < -0.3 is 14.3 Å². The molecule has 4 nitrogen and oxygen atoms in total. The van der Waals surface area contributed by atoms with Crippen LogP contribution in [0.1, 0.15) is 36.7 Å². The molecule has 4 aromatic carbocycles. The highest BCUT2D eigenvalue weighted by molar-refractivity contribution is 5.95. The molecule has 0 unspecified atom stereocenters. The lowest BCUT2D eigenvalue weighted by Crippen LogP contribution is -2.06. The van der Waals surface area contributed by atoms with E-state index in [1.165, 1.54) is 5.39 Å². The molecule has 0 saturated carbocycles. The first kappa shape index (κ1) is 21.9. The quantitative estimate of drug-likeness (QED) is 0.309. The van der Waals surface area contributed by atoms with Crippen LogP contribution in [0.15, 0.2) is 94.1 Å². The van der Waals surface area contributed by atoms with Gasteiger partial charge in [0.1, 0.15) is 23.7 Å². The Bertz CT molecular complexity index is 1520. The van der Waals surface area contributed by atoms with Crippen molar-refractivity contribution in [2.24, 2.45) is 0 Å². The van der Waals surface area contributed by atoms with Gasteiger partial charge in [0.2, 0.25) is 0 Å². The highest BCUT2D eigenvalue weighted by Crippen LogP contribution is 2.33. The number of fused-ring (bicyclic) bond motifs is 2. The summed E-state index contributed by atoms with van der Waals surface area (Å²) in [4.78, 5) is 13.1. The number of hydrogen-bond donors (Lipinski definition) is 1. The normalized spacial score (nSPS) is 11.4. The number of rotatable bonds is 6. The Morgan fingerprint density at radius 1 is 0.912 bits per heavy atom. The highest BCUT2D eigenvalue weighted by Gasteiger charge is 2.16. The first-order chi connectivity index (χ1) is 16.5. The molecular formula is C30H26O4. The largest absolute Gasteiger partial charge is 0.489 e. The molecule has 1 N–H and O–H groups in total. The van der Waals surface area contributed by atoms with E-state index in [0.29, 0.717) is 29.1 Å². The monoisotopic (exact) mass is 450 g/mol. The summed E-state index contributed by atoms with van der Waals surface area (Å²) in [5, 5.41) is 12.3.